The summed E-state index contributed by atoms with van der Waals surface area (Å²) in [5.41, 5.74) is 0.379. The van der Waals surface area contributed by atoms with Crippen molar-refractivity contribution in [1.82, 2.24) is 4.98 Å². The number of aryl methyl sites for hydroxylation is 1. The van der Waals surface area contributed by atoms with Gasteiger partial charge in [0.15, 0.2) is 6.29 Å². The standard InChI is InChI=1S/C8H6F2INO/c1-4-2-5(8(9)10)7(11)6(3-13)12-4/h2-3,8H,1H3. The van der Waals surface area contributed by atoms with Crippen LogP contribution < -0.4 is 0 Å². The van der Waals surface area contributed by atoms with E-state index in [0.717, 1.165) is 0 Å². The largest absolute Gasteiger partial charge is 0.296 e. The second-order valence-corrected chi connectivity index (χ2v) is 3.55. The second-order valence-electron chi connectivity index (χ2n) is 2.47. The Morgan fingerprint density at radius 2 is 2.23 bits per heavy atom. The van der Waals surface area contributed by atoms with Crippen LogP contribution in [-0.4, -0.2) is 11.3 Å². The molecule has 1 aromatic rings. The first kappa shape index (κ1) is 10.5. The first-order valence-electron chi connectivity index (χ1n) is 3.46. The predicted octanol–water partition coefficient (Wildman–Crippen LogP) is 2.74. The molecule has 0 amide bonds. The fourth-order valence-electron chi connectivity index (χ4n) is 0.945. The van der Waals surface area contributed by atoms with Gasteiger partial charge in [-0.05, 0) is 35.6 Å². The Hall–Kier alpha value is -0.590. The second kappa shape index (κ2) is 4.08. The van der Waals surface area contributed by atoms with Gasteiger partial charge in [0.05, 0.1) is 3.57 Å². The molecule has 0 aliphatic heterocycles. The van der Waals surface area contributed by atoms with Crippen molar-refractivity contribution in [2.45, 2.75) is 13.3 Å². The van der Waals surface area contributed by atoms with E-state index in [9.17, 15) is 13.6 Å². The molecular formula is C8H6F2INO. The average Bonchev–Trinajstić information content (AvgIpc) is 2.08. The third kappa shape index (κ3) is 2.20. The van der Waals surface area contributed by atoms with Crippen LogP contribution >= 0.6 is 22.6 Å². The average molecular weight is 297 g/mol. The molecule has 0 aliphatic rings. The number of alkyl halides is 2. The zero-order valence-electron chi connectivity index (χ0n) is 6.72. The number of halogens is 3. The van der Waals surface area contributed by atoms with Gasteiger partial charge >= 0.3 is 0 Å². The molecule has 0 radical (unpaired) electrons. The molecule has 2 nitrogen and oxygen atoms in total. The van der Waals surface area contributed by atoms with Crippen LogP contribution in [0.2, 0.25) is 0 Å². The molecule has 0 saturated carbocycles. The third-order valence-corrected chi connectivity index (χ3v) is 2.66. The highest BCUT2D eigenvalue weighted by Crippen LogP contribution is 2.26. The molecule has 1 heterocycles. The van der Waals surface area contributed by atoms with Crippen LogP contribution in [0.3, 0.4) is 0 Å². The van der Waals surface area contributed by atoms with Crippen molar-refractivity contribution in [2.75, 3.05) is 0 Å². The van der Waals surface area contributed by atoms with Crippen molar-refractivity contribution in [1.29, 1.82) is 0 Å². The van der Waals surface area contributed by atoms with Crippen LogP contribution in [0.5, 0.6) is 0 Å². The monoisotopic (exact) mass is 297 g/mol. The number of rotatable bonds is 2. The maximum atomic E-state index is 12.4. The molecule has 5 heteroatoms. The molecule has 0 unspecified atom stereocenters. The summed E-state index contributed by atoms with van der Waals surface area (Å²) in [5.74, 6) is 0. The predicted molar refractivity (Wildman–Crippen MR) is 52.0 cm³/mol. The van der Waals surface area contributed by atoms with Crippen molar-refractivity contribution in [3.05, 3.63) is 26.6 Å². The van der Waals surface area contributed by atoms with Crippen molar-refractivity contribution in [3.63, 3.8) is 0 Å². The molecule has 1 rings (SSSR count). The highest BCUT2D eigenvalue weighted by molar-refractivity contribution is 14.1. The van der Waals surface area contributed by atoms with Gasteiger partial charge in [0, 0.05) is 11.3 Å². The number of pyridine rings is 1. The molecule has 0 saturated heterocycles. The minimum atomic E-state index is -2.56. The number of hydrogen-bond donors (Lipinski definition) is 0. The highest BCUT2D eigenvalue weighted by Gasteiger charge is 2.15. The van der Waals surface area contributed by atoms with Gasteiger partial charge in [0.1, 0.15) is 5.69 Å². The third-order valence-electron chi connectivity index (χ3n) is 1.49. The number of nitrogens with zero attached hydrogens (tertiary/aromatic N) is 1. The Bertz CT molecular complexity index is 341. The quantitative estimate of drug-likeness (QED) is 0.620. The molecule has 0 N–H and O–H groups in total. The summed E-state index contributed by atoms with van der Waals surface area (Å²) in [5, 5.41) is 0. The molecule has 0 spiro atoms. The van der Waals surface area contributed by atoms with E-state index in [-0.39, 0.29) is 14.8 Å². The smallest absolute Gasteiger partial charge is 0.265 e. The first-order chi connectivity index (χ1) is 6.06. The van der Waals surface area contributed by atoms with Gasteiger partial charge in [-0.2, -0.15) is 0 Å². The molecule has 70 valence electrons. The van der Waals surface area contributed by atoms with Gasteiger partial charge in [-0.3, -0.25) is 4.79 Å². The molecule has 0 aromatic carbocycles. The van der Waals surface area contributed by atoms with Gasteiger partial charge in [0.2, 0.25) is 0 Å². The minimum Gasteiger partial charge on any atom is -0.296 e. The molecule has 0 fully saturated rings. The number of aldehydes is 1. The van der Waals surface area contributed by atoms with Crippen LogP contribution in [0, 0.1) is 10.5 Å². The lowest BCUT2D eigenvalue weighted by atomic mass is 10.2. The van der Waals surface area contributed by atoms with E-state index < -0.39 is 6.43 Å². The van der Waals surface area contributed by atoms with Gasteiger partial charge in [-0.15, -0.1) is 0 Å². The van der Waals surface area contributed by atoms with E-state index in [2.05, 4.69) is 4.98 Å². The van der Waals surface area contributed by atoms with Gasteiger partial charge in [-0.1, -0.05) is 0 Å². The van der Waals surface area contributed by atoms with Crippen molar-refractivity contribution >= 4 is 28.9 Å². The molecular weight excluding hydrogens is 291 g/mol. The maximum Gasteiger partial charge on any atom is 0.265 e. The molecule has 1 aromatic heterocycles. The highest BCUT2D eigenvalue weighted by atomic mass is 127. The maximum absolute atomic E-state index is 12.4. The summed E-state index contributed by atoms with van der Waals surface area (Å²) in [6.45, 7) is 1.58. The van der Waals surface area contributed by atoms with E-state index >= 15 is 0 Å². The van der Waals surface area contributed by atoms with Gasteiger partial charge < -0.3 is 0 Å². The normalized spacial score (nSPS) is 10.5. The van der Waals surface area contributed by atoms with E-state index in [0.29, 0.717) is 12.0 Å². The molecule has 0 aliphatic carbocycles. The zero-order valence-corrected chi connectivity index (χ0v) is 8.88. The van der Waals surface area contributed by atoms with Crippen LogP contribution in [0.15, 0.2) is 6.07 Å². The van der Waals surface area contributed by atoms with Crippen LogP contribution in [0.1, 0.15) is 28.2 Å². The molecule has 0 atom stereocenters. The van der Waals surface area contributed by atoms with Crippen molar-refractivity contribution in [2.24, 2.45) is 0 Å². The summed E-state index contributed by atoms with van der Waals surface area (Å²) >= 11 is 1.70. The molecule has 0 bridgehead atoms. The topological polar surface area (TPSA) is 30.0 Å². The van der Waals surface area contributed by atoms with Crippen LogP contribution in [0.4, 0.5) is 8.78 Å². The lowest BCUT2D eigenvalue weighted by Crippen LogP contribution is -2.00. The minimum absolute atomic E-state index is 0.0795. The van der Waals surface area contributed by atoms with Crippen LogP contribution in [-0.2, 0) is 0 Å². The fourth-order valence-corrected chi connectivity index (χ4v) is 1.58. The number of hydrogen-bond acceptors (Lipinski definition) is 2. The summed E-state index contributed by atoms with van der Waals surface area (Å²) in [6.07, 6.45) is -2.08. The Kier molecular flexibility index (Phi) is 3.29. The van der Waals surface area contributed by atoms with E-state index in [4.69, 9.17) is 0 Å². The summed E-state index contributed by atoms with van der Waals surface area (Å²) in [7, 11) is 0. The summed E-state index contributed by atoms with van der Waals surface area (Å²) in [6, 6.07) is 1.29. The van der Waals surface area contributed by atoms with Crippen molar-refractivity contribution in [3.8, 4) is 0 Å². The number of carbonyl (C=O) groups is 1. The molecule has 13 heavy (non-hydrogen) atoms. The number of carbonyl (C=O) groups excluding carboxylic acids is 1. The van der Waals surface area contributed by atoms with E-state index in [1.807, 2.05) is 0 Å². The Labute approximate surface area is 87.5 Å². The zero-order chi connectivity index (χ0) is 10.0. The van der Waals surface area contributed by atoms with E-state index in [1.54, 1.807) is 29.5 Å². The van der Waals surface area contributed by atoms with E-state index in [1.165, 1.54) is 6.07 Å². The van der Waals surface area contributed by atoms with Gasteiger partial charge in [-0.25, -0.2) is 13.8 Å². The van der Waals surface area contributed by atoms with Crippen LogP contribution in [0.25, 0.3) is 0 Å². The fraction of sp³-hybridized carbons (Fsp3) is 0.250. The summed E-state index contributed by atoms with van der Waals surface area (Å²) in [4.78, 5) is 14.3. The number of aromatic nitrogens is 1. The first-order valence-corrected chi connectivity index (χ1v) is 4.54. The lowest BCUT2D eigenvalue weighted by molar-refractivity contribution is 0.111. The Morgan fingerprint density at radius 1 is 1.62 bits per heavy atom. The SMILES string of the molecule is Cc1cc(C(F)F)c(I)c(C=O)n1. The Balaban J connectivity index is 3.35. The lowest BCUT2D eigenvalue weighted by Gasteiger charge is -2.05. The van der Waals surface area contributed by atoms with Crippen molar-refractivity contribution < 1.29 is 13.6 Å². The Morgan fingerprint density at radius 3 is 2.69 bits per heavy atom. The van der Waals surface area contributed by atoms with Gasteiger partial charge in [0.25, 0.3) is 6.43 Å². The summed E-state index contributed by atoms with van der Waals surface area (Å²) < 4.78 is 25.0.